The van der Waals surface area contributed by atoms with Gasteiger partial charge in [0, 0.05) is 12.1 Å². The van der Waals surface area contributed by atoms with Crippen molar-refractivity contribution in [1.82, 2.24) is 4.73 Å². The maximum absolute atomic E-state index is 11.3. The van der Waals surface area contributed by atoms with E-state index in [2.05, 4.69) is 0 Å². The Hall–Kier alpha value is -1.65. The molecule has 1 aromatic heterocycles. The predicted molar refractivity (Wildman–Crippen MR) is 48.8 cm³/mol. The Morgan fingerprint density at radius 3 is 2.43 bits per heavy atom. The van der Waals surface area contributed by atoms with Gasteiger partial charge in [-0.05, 0) is 6.42 Å². The van der Waals surface area contributed by atoms with Gasteiger partial charge >= 0.3 is 5.97 Å². The zero-order valence-corrected chi connectivity index (χ0v) is 8.10. The molecule has 2 N–H and O–H groups in total. The molecule has 5 nitrogen and oxygen atoms in total. The lowest BCUT2D eigenvalue weighted by Gasteiger charge is -2.09. The summed E-state index contributed by atoms with van der Waals surface area (Å²) in [7, 11) is 0. The van der Waals surface area contributed by atoms with Crippen molar-refractivity contribution in [2.45, 2.75) is 20.3 Å². The molecule has 0 aromatic carbocycles. The molecule has 78 valence electrons. The molecule has 1 unspecified atom stereocenters. The van der Waals surface area contributed by atoms with Gasteiger partial charge < -0.3 is 15.1 Å². The molecule has 1 aromatic rings. The highest BCUT2D eigenvalue weighted by molar-refractivity contribution is 5.72. The monoisotopic (exact) mass is 199 g/mol. The molecule has 1 heterocycles. The van der Waals surface area contributed by atoms with E-state index in [1.54, 1.807) is 6.92 Å². The molecule has 5 heteroatoms. The van der Waals surface area contributed by atoms with E-state index in [1.807, 2.05) is 6.92 Å². The lowest BCUT2D eigenvalue weighted by Crippen LogP contribution is -2.24. The van der Waals surface area contributed by atoms with Crippen LogP contribution < -0.4 is 4.84 Å². The highest BCUT2D eigenvalue weighted by Crippen LogP contribution is 2.19. The van der Waals surface area contributed by atoms with Crippen LogP contribution in [0.3, 0.4) is 0 Å². The number of nitrogens with zero attached hydrogens (tertiary/aromatic N) is 1. The van der Waals surface area contributed by atoms with Gasteiger partial charge in [0.05, 0.1) is 5.92 Å². The van der Waals surface area contributed by atoms with Crippen LogP contribution in [0.2, 0.25) is 0 Å². The van der Waals surface area contributed by atoms with Crippen molar-refractivity contribution in [3.8, 4) is 11.8 Å². The molecule has 0 radical (unpaired) electrons. The summed E-state index contributed by atoms with van der Waals surface area (Å²) in [6.07, 6.45) is 0.641. The highest BCUT2D eigenvalue weighted by Gasteiger charge is 2.16. The number of rotatable bonds is 3. The highest BCUT2D eigenvalue weighted by atomic mass is 16.7. The van der Waals surface area contributed by atoms with Gasteiger partial charge in [0.15, 0.2) is 0 Å². The molecule has 0 aliphatic carbocycles. The molecule has 1 rings (SSSR count). The van der Waals surface area contributed by atoms with Crippen LogP contribution in [0.4, 0.5) is 0 Å². The van der Waals surface area contributed by atoms with Crippen LogP contribution in [0.5, 0.6) is 11.8 Å². The molecule has 1 atom stereocenters. The summed E-state index contributed by atoms with van der Waals surface area (Å²) in [6.45, 7) is 3.56. The van der Waals surface area contributed by atoms with Crippen LogP contribution in [0, 0.1) is 5.92 Å². The summed E-state index contributed by atoms with van der Waals surface area (Å²) in [6, 6.07) is 2.47. The summed E-state index contributed by atoms with van der Waals surface area (Å²) in [5, 5.41) is 18.3. The number of carbonyl (C=O) groups is 1. The lowest BCUT2D eigenvalue weighted by molar-refractivity contribution is -0.149. The van der Waals surface area contributed by atoms with Gasteiger partial charge in [0.25, 0.3) is 0 Å². The van der Waals surface area contributed by atoms with E-state index in [9.17, 15) is 4.79 Å². The average Bonchev–Trinajstić information content (AvgIpc) is 2.48. The van der Waals surface area contributed by atoms with Crippen LogP contribution >= 0.6 is 0 Å². The zero-order chi connectivity index (χ0) is 10.7. The number of hydrogen-bond donors (Lipinski definition) is 2. The number of hydrogen-bond acceptors (Lipinski definition) is 4. The Balaban J connectivity index is 2.74. The fourth-order valence-corrected chi connectivity index (χ4v) is 0.842. The summed E-state index contributed by atoms with van der Waals surface area (Å²) in [5.74, 6) is -1.37. The topological polar surface area (TPSA) is 71.7 Å². The minimum atomic E-state index is -0.491. The Morgan fingerprint density at radius 2 is 2.00 bits per heavy atom. The Kier molecular flexibility index (Phi) is 3.01. The van der Waals surface area contributed by atoms with Crippen molar-refractivity contribution in [1.29, 1.82) is 0 Å². The summed E-state index contributed by atoms with van der Waals surface area (Å²) < 4.78 is 0.689. The molecule has 0 spiro atoms. The second-order valence-corrected chi connectivity index (χ2v) is 3.06. The van der Waals surface area contributed by atoms with Gasteiger partial charge in [-0.3, -0.25) is 0 Å². The molecule has 0 bridgehead atoms. The van der Waals surface area contributed by atoms with Crippen LogP contribution in [-0.2, 0) is 4.79 Å². The third-order valence-electron chi connectivity index (χ3n) is 1.99. The van der Waals surface area contributed by atoms with Crippen LogP contribution in [0.25, 0.3) is 0 Å². The van der Waals surface area contributed by atoms with Gasteiger partial charge in [0.2, 0.25) is 11.8 Å². The van der Waals surface area contributed by atoms with Crippen molar-refractivity contribution in [3.63, 3.8) is 0 Å². The minimum Gasteiger partial charge on any atom is -0.492 e. The number of aromatic hydroxyl groups is 2. The first-order valence-corrected chi connectivity index (χ1v) is 4.38. The van der Waals surface area contributed by atoms with Gasteiger partial charge in [-0.25, -0.2) is 4.79 Å². The van der Waals surface area contributed by atoms with Crippen molar-refractivity contribution >= 4 is 5.97 Å². The molecule has 14 heavy (non-hydrogen) atoms. The lowest BCUT2D eigenvalue weighted by atomic mass is 10.1. The van der Waals surface area contributed by atoms with Crippen LogP contribution in [0.15, 0.2) is 12.1 Å². The molecule has 0 saturated carbocycles. The fourth-order valence-electron chi connectivity index (χ4n) is 0.842. The van der Waals surface area contributed by atoms with E-state index in [1.165, 1.54) is 12.1 Å². The molecule has 0 aliphatic rings. The zero-order valence-electron chi connectivity index (χ0n) is 8.10. The van der Waals surface area contributed by atoms with Gasteiger partial charge in [-0.15, -0.1) is 4.73 Å². The third kappa shape index (κ3) is 1.99. The van der Waals surface area contributed by atoms with E-state index in [4.69, 9.17) is 15.1 Å². The van der Waals surface area contributed by atoms with E-state index >= 15 is 0 Å². The Morgan fingerprint density at radius 1 is 1.50 bits per heavy atom. The van der Waals surface area contributed by atoms with Crippen molar-refractivity contribution in [2.75, 3.05) is 0 Å². The second kappa shape index (κ2) is 4.04. The quantitative estimate of drug-likeness (QED) is 0.758. The first-order chi connectivity index (χ1) is 6.56. The van der Waals surface area contributed by atoms with E-state index in [0.29, 0.717) is 11.2 Å². The SMILES string of the molecule is CCC(C)C(=O)On1c(O)ccc1O. The maximum Gasteiger partial charge on any atom is 0.335 e. The van der Waals surface area contributed by atoms with Crippen molar-refractivity contribution in [3.05, 3.63) is 12.1 Å². The molecule has 0 aliphatic heterocycles. The maximum atomic E-state index is 11.3. The number of aromatic nitrogens is 1. The van der Waals surface area contributed by atoms with E-state index < -0.39 is 5.97 Å². The predicted octanol–water partition coefficient (Wildman–Crippen LogP) is 0.901. The summed E-state index contributed by atoms with van der Waals surface area (Å²) in [4.78, 5) is 16.0. The molecule has 0 saturated heterocycles. The normalized spacial score (nSPS) is 12.4. The standard InChI is InChI=1S/C9H13NO4/c1-3-6(2)9(13)14-10-7(11)4-5-8(10)12/h4-6,11-12H,3H2,1-2H3. The van der Waals surface area contributed by atoms with Gasteiger partial charge in [0.1, 0.15) is 0 Å². The van der Waals surface area contributed by atoms with E-state index in [-0.39, 0.29) is 17.7 Å². The van der Waals surface area contributed by atoms with Crippen LogP contribution in [-0.4, -0.2) is 20.9 Å². The first-order valence-electron chi connectivity index (χ1n) is 4.38. The fraction of sp³-hybridized carbons (Fsp3) is 0.444. The largest absolute Gasteiger partial charge is 0.492 e. The van der Waals surface area contributed by atoms with Crippen molar-refractivity contribution in [2.24, 2.45) is 5.92 Å². The van der Waals surface area contributed by atoms with Crippen molar-refractivity contribution < 1.29 is 19.8 Å². The minimum absolute atomic E-state index is 0.267. The first kappa shape index (κ1) is 10.4. The summed E-state index contributed by atoms with van der Waals surface area (Å²) >= 11 is 0. The number of carbonyl (C=O) groups excluding carboxylic acids is 1. The second-order valence-electron chi connectivity index (χ2n) is 3.06. The molecule has 0 amide bonds. The smallest absolute Gasteiger partial charge is 0.335 e. The Labute approximate surface area is 81.5 Å². The third-order valence-corrected chi connectivity index (χ3v) is 1.99. The van der Waals surface area contributed by atoms with E-state index in [0.717, 1.165) is 0 Å². The van der Waals surface area contributed by atoms with Gasteiger partial charge in [-0.1, -0.05) is 13.8 Å². The molecular weight excluding hydrogens is 186 g/mol. The molecule has 0 fully saturated rings. The average molecular weight is 199 g/mol. The Bertz CT molecular complexity index is 312. The summed E-state index contributed by atoms with van der Waals surface area (Å²) in [5.41, 5.74) is 0. The van der Waals surface area contributed by atoms with Gasteiger partial charge in [-0.2, -0.15) is 0 Å². The van der Waals surface area contributed by atoms with Crippen LogP contribution in [0.1, 0.15) is 20.3 Å². The molecular formula is C9H13NO4.